The van der Waals surface area contributed by atoms with E-state index >= 15 is 0 Å². The minimum Gasteiger partial charge on any atom is -0.497 e. The molecule has 1 saturated heterocycles. The summed E-state index contributed by atoms with van der Waals surface area (Å²) in [7, 11) is -2.40. The summed E-state index contributed by atoms with van der Waals surface area (Å²) in [4.78, 5) is 70.8. The van der Waals surface area contributed by atoms with Crippen LogP contribution in [-0.2, 0) is 29.2 Å². The molecule has 256 valence electrons. The molecule has 0 spiro atoms. The Hall–Kier alpha value is -4.99. The van der Waals surface area contributed by atoms with Gasteiger partial charge in [0.1, 0.15) is 29.5 Å². The Kier molecular flexibility index (Phi) is 9.48. The van der Waals surface area contributed by atoms with E-state index in [9.17, 15) is 37.5 Å². The number of nitrogens with zero attached hydrogens (tertiary/aromatic N) is 2. The van der Waals surface area contributed by atoms with Crippen LogP contribution in [0.4, 0.5) is 4.79 Å². The fourth-order valence-corrected chi connectivity index (χ4v) is 7.17. The zero-order valence-corrected chi connectivity index (χ0v) is 27.2. The van der Waals surface area contributed by atoms with E-state index in [2.05, 4.69) is 33.5 Å². The molecule has 2 saturated carbocycles. The molecule has 2 aromatic rings. The van der Waals surface area contributed by atoms with Gasteiger partial charge < -0.3 is 30.1 Å². The van der Waals surface area contributed by atoms with Gasteiger partial charge in [0.15, 0.2) is 5.78 Å². The standard InChI is InChI=1S/C32H37N5O10S/c1-5-19-15-32(19,30(41)36-48(44,45)22-7-8-22)35-27(39)25-13-21(47-28-23-9-6-20(46-4)12-18(23)10-11-33-28)16-37(25)29(40)24(34-31(42)43)14-26(38)17(2)3/h5-6,9-12,19,21-22,24-25,34H,1-2,7-8,13-16H2,3-4H3,(H,35,39)(H,36,41)(H,42,43)/t19-,21-,24+,25+,32-/m1/s1. The van der Waals surface area contributed by atoms with Crippen LogP contribution in [0.3, 0.4) is 0 Å². The Morgan fingerprint density at radius 1 is 1.21 bits per heavy atom. The number of carboxylic acid groups (broad SMARTS) is 1. The number of sulfonamides is 1. The molecule has 4 amide bonds. The van der Waals surface area contributed by atoms with E-state index < -0.39 is 80.9 Å². The summed E-state index contributed by atoms with van der Waals surface area (Å²) in [6.45, 7) is 8.48. The van der Waals surface area contributed by atoms with Crippen LogP contribution >= 0.6 is 0 Å². The van der Waals surface area contributed by atoms with Crippen LogP contribution in [0.15, 0.2) is 55.3 Å². The SMILES string of the molecule is C=C[C@@H]1C[C@]1(NC(=O)[C@@H]1C[C@@H](Oc2nccc3cc(OC)ccc23)CN1C(=O)[C@H](CC(=O)C(=C)C)NC(=O)O)C(=O)NS(=O)(=O)C1CC1. The number of fused-ring (bicyclic) bond motifs is 1. The number of carbonyl (C=O) groups excluding carboxylic acids is 4. The largest absolute Gasteiger partial charge is 0.497 e. The Balaban J connectivity index is 1.43. The highest BCUT2D eigenvalue weighted by Crippen LogP contribution is 2.45. The molecule has 1 aromatic carbocycles. The van der Waals surface area contributed by atoms with Crippen LogP contribution in [0.2, 0.25) is 0 Å². The number of likely N-dealkylation sites (tertiary alicyclic amines) is 1. The molecule has 3 aliphatic rings. The van der Waals surface area contributed by atoms with Crippen molar-refractivity contribution in [3.05, 3.63) is 55.3 Å². The molecule has 16 heteroatoms. The second-order valence-electron chi connectivity index (χ2n) is 12.3. The van der Waals surface area contributed by atoms with Gasteiger partial charge in [-0.25, -0.2) is 18.2 Å². The summed E-state index contributed by atoms with van der Waals surface area (Å²) in [6.07, 6.45) is 0.837. The van der Waals surface area contributed by atoms with E-state index in [4.69, 9.17) is 9.47 Å². The van der Waals surface area contributed by atoms with E-state index in [-0.39, 0.29) is 30.8 Å². The van der Waals surface area contributed by atoms with Gasteiger partial charge >= 0.3 is 6.09 Å². The van der Waals surface area contributed by atoms with E-state index in [1.807, 2.05) is 0 Å². The molecular formula is C32H37N5O10S. The van der Waals surface area contributed by atoms with Crippen molar-refractivity contribution in [3.8, 4) is 11.6 Å². The summed E-state index contributed by atoms with van der Waals surface area (Å²) in [5.41, 5.74) is -1.52. The number of rotatable bonds is 14. The highest BCUT2D eigenvalue weighted by Gasteiger charge is 2.62. The second-order valence-corrected chi connectivity index (χ2v) is 14.2. The normalized spacial score (nSPS) is 23.8. The number of carbonyl (C=O) groups is 5. The quantitative estimate of drug-likeness (QED) is 0.165. The highest BCUT2D eigenvalue weighted by atomic mass is 32.2. The third kappa shape index (κ3) is 7.12. The molecule has 0 radical (unpaired) electrons. The van der Waals surface area contributed by atoms with Gasteiger partial charge in [0.2, 0.25) is 27.7 Å². The van der Waals surface area contributed by atoms with Gasteiger partial charge in [-0.15, -0.1) is 6.58 Å². The summed E-state index contributed by atoms with van der Waals surface area (Å²) in [5.74, 6) is -2.92. The first-order valence-electron chi connectivity index (χ1n) is 15.3. The molecule has 5 atom stereocenters. The molecule has 1 aromatic heterocycles. The van der Waals surface area contributed by atoms with E-state index in [1.165, 1.54) is 26.3 Å². The number of allylic oxidation sites excluding steroid dienone is 1. The first-order valence-corrected chi connectivity index (χ1v) is 16.8. The first kappa shape index (κ1) is 34.3. The smallest absolute Gasteiger partial charge is 0.405 e. The van der Waals surface area contributed by atoms with Gasteiger partial charge in [0.05, 0.1) is 18.9 Å². The molecule has 4 N–H and O–H groups in total. The minimum atomic E-state index is -3.93. The lowest BCUT2D eigenvalue weighted by Gasteiger charge is -2.29. The van der Waals surface area contributed by atoms with Crippen molar-refractivity contribution >= 4 is 50.4 Å². The third-order valence-corrected chi connectivity index (χ3v) is 10.6. The molecule has 48 heavy (non-hydrogen) atoms. The fourth-order valence-electron chi connectivity index (χ4n) is 5.81. The molecule has 5 rings (SSSR count). The Morgan fingerprint density at radius 2 is 1.94 bits per heavy atom. The molecule has 0 bridgehead atoms. The number of benzene rings is 1. The van der Waals surface area contributed by atoms with Crippen molar-refractivity contribution in [2.45, 2.75) is 68.0 Å². The maximum atomic E-state index is 14.0. The number of aromatic nitrogens is 1. The lowest BCUT2D eigenvalue weighted by molar-refractivity contribution is -0.141. The number of Topliss-reactive ketones (excluding diaryl/α,β-unsaturated/α-hetero) is 1. The summed E-state index contributed by atoms with van der Waals surface area (Å²) >= 11 is 0. The molecule has 3 fully saturated rings. The maximum Gasteiger partial charge on any atom is 0.405 e. The first-order chi connectivity index (χ1) is 22.7. The molecule has 15 nitrogen and oxygen atoms in total. The van der Waals surface area contributed by atoms with Crippen molar-refractivity contribution in [1.29, 1.82) is 0 Å². The molecule has 1 aliphatic heterocycles. The Bertz CT molecular complexity index is 1810. The van der Waals surface area contributed by atoms with Gasteiger partial charge in [-0.1, -0.05) is 12.7 Å². The monoisotopic (exact) mass is 683 g/mol. The van der Waals surface area contributed by atoms with Crippen LogP contribution in [0.25, 0.3) is 10.8 Å². The number of nitrogens with one attached hydrogen (secondary N) is 3. The number of ether oxygens (including phenoxy) is 2. The summed E-state index contributed by atoms with van der Waals surface area (Å²) in [5, 5.41) is 14.9. The van der Waals surface area contributed by atoms with Crippen LogP contribution in [-0.4, -0.2) is 95.6 Å². The fraction of sp³-hybridized carbons (Fsp3) is 0.438. The number of hydrogen-bond donors (Lipinski definition) is 4. The van der Waals surface area contributed by atoms with E-state index in [1.54, 1.807) is 24.3 Å². The average molecular weight is 684 g/mol. The van der Waals surface area contributed by atoms with Gasteiger partial charge in [-0.05, 0) is 61.4 Å². The van der Waals surface area contributed by atoms with Gasteiger partial charge in [-0.2, -0.15) is 0 Å². The maximum absolute atomic E-state index is 14.0. The minimum absolute atomic E-state index is 0.0779. The summed E-state index contributed by atoms with van der Waals surface area (Å²) < 4.78 is 38.7. The lowest BCUT2D eigenvalue weighted by Crippen LogP contribution is -2.58. The van der Waals surface area contributed by atoms with Crippen molar-refractivity contribution in [1.82, 2.24) is 25.2 Å². The van der Waals surface area contributed by atoms with Crippen LogP contribution < -0.4 is 24.8 Å². The number of amides is 4. The number of hydrogen-bond acceptors (Lipinski definition) is 10. The predicted octanol–water partition coefficient (Wildman–Crippen LogP) is 1.43. The predicted molar refractivity (Wildman–Crippen MR) is 171 cm³/mol. The van der Waals surface area contributed by atoms with Crippen molar-refractivity contribution in [2.24, 2.45) is 5.92 Å². The second kappa shape index (κ2) is 13.3. The van der Waals surface area contributed by atoms with Crippen molar-refractivity contribution < 1.29 is 47.0 Å². The van der Waals surface area contributed by atoms with Crippen molar-refractivity contribution in [3.63, 3.8) is 0 Å². The van der Waals surface area contributed by atoms with Crippen molar-refractivity contribution in [2.75, 3.05) is 13.7 Å². The van der Waals surface area contributed by atoms with Crippen LogP contribution in [0, 0.1) is 5.92 Å². The molecule has 2 heterocycles. The van der Waals surface area contributed by atoms with Crippen LogP contribution in [0.1, 0.15) is 39.0 Å². The highest BCUT2D eigenvalue weighted by molar-refractivity contribution is 7.91. The van der Waals surface area contributed by atoms with Gasteiger partial charge in [-0.3, -0.25) is 23.9 Å². The number of methoxy groups -OCH3 is 1. The molecule has 0 unspecified atom stereocenters. The Morgan fingerprint density at radius 3 is 2.54 bits per heavy atom. The number of pyridine rings is 1. The zero-order valence-electron chi connectivity index (χ0n) is 26.4. The average Bonchev–Trinajstić information content (AvgIpc) is 3.96. The lowest BCUT2D eigenvalue weighted by atomic mass is 10.0. The topological polar surface area (TPSA) is 210 Å². The third-order valence-electron chi connectivity index (χ3n) is 8.77. The Labute approximate surface area is 276 Å². The van der Waals surface area contributed by atoms with Gasteiger partial charge in [0.25, 0.3) is 5.91 Å². The van der Waals surface area contributed by atoms with Crippen LogP contribution in [0.5, 0.6) is 11.6 Å². The zero-order chi connectivity index (χ0) is 35.0. The van der Waals surface area contributed by atoms with E-state index in [0.29, 0.717) is 24.0 Å². The summed E-state index contributed by atoms with van der Waals surface area (Å²) in [6, 6.07) is 4.14. The van der Waals surface area contributed by atoms with E-state index in [0.717, 1.165) is 10.3 Å². The number of ketones is 1. The molecule has 2 aliphatic carbocycles. The molecular weight excluding hydrogens is 646 g/mol. The van der Waals surface area contributed by atoms with Gasteiger partial charge in [0, 0.05) is 30.3 Å².